The molecule has 0 atom stereocenters. The molecule has 0 heterocycles. The zero-order valence-electron chi connectivity index (χ0n) is 9.55. The summed E-state index contributed by atoms with van der Waals surface area (Å²) in [6, 6.07) is 5.81. The summed E-state index contributed by atoms with van der Waals surface area (Å²) in [6.45, 7) is 9.26. The van der Waals surface area contributed by atoms with Crippen molar-refractivity contribution in [3.63, 3.8) is 0 Å². The average Bonchev–Trinajstić information content (AvgIpc) is 2.27. The fourth-order valence-electron chi connectivity index (χ4n) is 1.06. The van der Waals surface area contributed by atoms with E-state index in [-0.39, 0.29) is 5.69 Å². The Hall–Kier alpha value is -2.36. The van der Waals surface area contributed by atoms with Crippen LogP contribution in [-0.2, 0) is 0 Å². The van der Waals surface area contributed by atoms with Crippen molar-refractivity contribution in [3.05, 3.63) is 71.0 Å². The molecular weight excluding hydrogens is 218 g/mol. The first-order valence-corrected chi connectivity index (χ1v) is 4.94. The van der Waals surface area contributed by atoms with E-state index in [2.05, 4.69) is 13.2 Å². The Bertz CT molecular complexity index is 472. The summed E-state index contributed by atoms with van der Waals surface area (Å²) < 4.78 is 5.35. The zero-order chi connectivity index (χ0) is 12.8. The van der Waals surface area contributed by atoms with E-state index in [1.165, 1.54) is 24.3 Å². The monoisotopic (exact) mass is 231 g/mol. The van der Waals surface area contributed by atoms with Crippen LogP contribution in [0.5, 0.6) is 5.75 Å². The van der Waals surface area contributed by atoms with Gasteiger partial charge in [0.2, 0.25) is 0 Å². The summed E-state index contributed by atoms with van der Waals surface area (Å²) in [5.74, 6) is 0.953. The quantitative estimate of drug-likeness (QED) is 0.336. The van der Waals surface area contributed by atoms with Crippen molar-refractivity contribution in [2.45, 2.75) is 6.92 Å². The number of hydrogen-bond acceptors (Lipinski definition) is 3. The summed E-state index contributed by atoms with van der Waals surface area (Å²) in [5, 5.41) is 10.4. The Kier molecular flexibility index (Phi) is 4.22. The van der Waals surface area contributed by atoms with Gasteiger partial charge in [0.05, 0.1) is 4.92 Å². The molecule has 0 aliphatic heterocycles. The van der Waals surface area contributed by atoms with Crippen LogP contribution < -0.4 is 4.74 Å². The maximum absolute atomic E-state index is 10.4. The Morgan fingerprint density at radius 2 is 1.88 bits per heavy atom. The van der Waals surface area contributed by atoms with Crippen molar-refractivity contribution in [2.75, 3.05) is 0 Å². The number of non-ortho nitro benzene ring substituents is 1. The van der Waals surface area contributed by atoms with Gasteiger partial charge in [0.25, 0.3) is 5.69 Å². The van der Waals surface area contributed by atoms with Gasteiger partial charge >= 0.3 is 0 Å². The van der Waals surface area contributed by atoms with Crippen LogP contribution in [0.2, 0.25) is 0 Å². The van der Waals surface area contributed by atoms with E-state index < -0.39 is 4.92 Å². The van der Waals surface area contributed by atoms with Gasteiger partial charge in [0.15, 0.2) is 0 Å². The normalized spacial score (nSPS) is 10.2. The third kappa shape index (κ3) is 4.34. The maximum Gasteiger partial charge on any atom is 0.269 e. The molecule has 0 saturated carbocycles. The number of benzene rings is 1. The maximum atomic E-state index is 10.4. The van der Waals surface area contributed by atoms with E-state index in [4.69, 9.17) is 4.74 Å². The predicted molar refractivity (Wildman–Crippen MR) is 66.8 cm³/mol. The highest BCUT2D eigenvalue weighted by Crippen LogP contribution is 2.19. The molecule has 88 valence electrons. The Morgan fingerprint density at radius 3 is 2.35 bits per heavy atom. The molecule has 0 unspecified atom stereocenters. The number of nitro benzene ring substituents is 1. The summed E-state index contributed by atoms with van der Waals surface area (Å²) in [5.41, 5.74) is 0.916. The minimum atomic E-state index is -0.459. The highest BCUT2D eigenvalue weighted by atomic mass is 16.6. The van der Waals surface area contributed by atoms with Gasteiger partial charge in [-0.15, -0.1) is 0 Å². The Labute approximate surface area is 99.7 Å². The first kappa shape index (κ1) is 12.7. The standard InChI is InChI=1S/C13H13NO3/c1-10(2)4-5-11(3)17-13-8-6-12(7-9-13)14(15)16/h4-9H,1,3H2,2H3/b5-4-. The molecule has 0 fully saturated rings. The third-order valence-electron chi connectivity index (χ3n) is 1.85. The second-order valence-electron chi connectivity index (χ2n) is 3.50. The molecule has 4 heteroatoms. The minimum absolute atomic E-state index is 0.0282. The number of nitrogens with zero attached hydrogens (tertiary/aromatic N) is 1. The minimum Gasteiger partial charge on any atom is -0.458 e. The van der Waals surface area contributed by atoms with Crippen molar-refractivity contribution < 1.29 is 9.66 Å². The molecule has 0 spiro atoms. The van der Waals surface area contributed by atoms with E-state index >= 15 is 0 Å². The van der Waals surface area contributed by atoms with Gasteiger partial charge in [-0.3, -0.25) is 10.1 Å². The van der Waals surface area contributed by atoms with Gasteiger partial charge in [-0.25, -0.2) is 0 Å². The third-order valence-corrected chi connectivity index (χ3v) is 1.85. The molecule has 1 rings (SSSR count). The first-order chi connectivity index (χ1) is 7.99. The number of allylic oxidation sites excluding steroid dienone is 3. The Balaban J connectivity index is 2.66. The van der Waals surface area contributed by atoms with Crippen LogP contribution in [0.25, 0.3) is 0 Å². The van der Waals surface area contributed by atoms with E-state index in [9.17, 15) is 10.1 Å². The summed E-state index contributed by atoms with van der Waals surface area (Å²) >= 11 is 0. The molecule has 1 aromatic carbocycles. The molecule has 0 bridgehead atoms. The van der Waals surface area contributed by atoms with E-state index in [1.807, 2.05) is 6.92 Å². The van der Waals surface area contributed by atoms with E-state index in [0.29, 0.717) is 11.5 Å². The summed E-state index contributed by atoms with van der Waals surface area (Å²) in [6.07, 6.45) is 3.46. The molecule has 1 aromatic rings. The lowest BCUT2D eigenvalue weighted by molar-refractivity contribution is -0.384. The largest absolute Gasteiger partial charge is 0.458 e. The highest BCUT2D eigenvalue weighted by molar-refractivity contribution is 5.37. The fourth-order valence-corrected chi connectivity index (χ4v) is 1.06. The molecule has 0 aromatic heterocycles. The SMILES string of the molecule is C=C(C)/C=C\C(=C)Oc1ccc([N+](=O)[O-])cc1. The van der Waals surface area contributed by atoms with Crippen molar-refractivity contribution >= 4 is 5.69 Å². The number of rotatable bonds is 5. The first-order valence-electron chi connectivity index (χ1n) is 4.94. The van der Waals surface area contributed by atoms with Crippen molar-refractivity contribution in [1.82, 2.24) is 0 Å². The van der Waals surface area contributed by atoms with Crippen LogP contribution in [0.15, 0.2) is 60.9 Å². The van der Waals surface area contributed by atoms with Crippen LogP contribution >= 0.6 is 0 Å². The number of nitro groups is 1. The average molecular weight is 231 g/mol. The van der Waals surface area contributed by atoms with Crippen molar-refractivity contribution in [2.24, 2.45) is 0 Å². The van der Waals surface area contributed by atoms with Gasteiger partial charge in [0, 0.05) is 12.1 Å². The Morgan fingerprint density at radius 1 is 1.29 bits per heavy atom. The van der Waals surface area contributed by atoms with Gasteiger partial charge in [0.1, 0.15) is 11.5 Å². The van der Waals surface area contributed by atoms with Gasteiger partial charge < -0.3 is 4.74 Å². The van der Waals surface area contributed by atoms with Crippen LogP contribution in [0.3, 0.4) is 0 Å². The van der Waals surface area contributed by atoms with Crippen LogP contribution in [0.1, 0.15) is 6.92 Å². The predicted octanol–water partition coefficient (Wildman–Crippen LogP) is 3.62. The molecule has 0 amide bonds. The lowest BCUT2D eigenvalue weighted by atomic mass is 10.3. The van der Waals surface area contributed by atoms with Crippen LogP contribution in [0, 0.1) is 10.1 Å². The number of hydrogen-bond donors (Lipinski definition) is 0. The van der Waals surface area contributed by atoms with Gasteiger partial charge in [-0.1, -0.05) is 24.8 Å². The second kappa shape index (κ2) is 5.65. The smallest absolute Gasteiger partial charge is 0.269 e. The molecular formula is C13H13NO3. The number of ether oxygens (including phenoxy) is 1. The van der Waals surface area contributed by atoms with Gasteiger partial charge in [-0.05, 0) is 25.1 Å². The second-order valence-corrected chi connectivity index (χ2v) is 3.50. The van der Waals surface area contributed by atoms with Crippen LogP contribution in [-0.4, -0.2) is 4.92 Å². The van der Waals surface area contributed by atoms with Crippen molar-refractivity contribution in [1.29, 1.82) is 0 Å². The molecule has 0 N–H and O–H groups in total. The van der Waals surface area contributed by atoms with Crippen molar-refractivity contribution in [3.8, 4) is 5.75 Å². The molecule has 4 nitrogen and oxygen atoms in total. The lowest BCUT2D eigenvalue weighted by Crippen LogP contribution is -1.91. The van der Waals surface area contributed by atoms with E-state index in [1.54, 1.807) is 12.2 Å². The molecule has 0 radical (unpaired) electrons. The highest BCUT2D eigenvalue weighted by Gasteiger charge is 2.04. The molecule has 17 heavy (non-hydrogen) atoms. The lowest BCUT2D eigenvalue weighted by Gasteiger charge is -2.04. The fraction of sp³-hybridized carbons (Fsp3) is 0.0769. The molecule has 0 aliphatic carbocycles. The van der Waals surface area contributed by atoms with Crippen LogP contribution in [0.4, 0.5) is 5.69 Å². The topological polar surface area (TPSA) is 52.4 Å². The summed E-state index contributed by atoms with van der Waals surface area (Å²) in [7, 11) is 0. The molecule has 0 aliphatic rings. The molecule has 0 saturated heterocycles. The van der Waals surface area contributed by atoms with Gasteiger partial charge in [-0.2, -0.15) is 0 Å². The van der Waals surface area contributed by atoms with E-state index in [0.717, 1.165) is 5.57 Å². The summed E-state index contributed by atoms with van der Waals surface area (Å²) in [4.78, 5) is 9.98. The zero-order valence-corrected chi connectivity index (χ0v) is 9.55.